The largest absolute Gasteiger partial charge is 0.478 e. The molecule has 0 unspecified atom stereocenters. The van der Waals surface area contributed by atoms with E-state index in [0.717, 1.165) is 5.56 Å². The molecule has 0 radical (unpaired) electrons. The lowest BCUT2D eigenvalue weighted by Gasteiger charge is -2.17. The standard InChI is InChI=1S/C15H10N2O3/c1-9-12-4-2-3-5-13(12)14(18)17(9)11-6-10(15(19)20)7-16-8-11/h2-8H,1H2,(H,19,20). The minimum atomic E-state index is -1.09. The zero-order valence-electron chi connectivity index (χ0n) is 10.4. The maximum absolute atomic E-state index is 12.4. The zero-order chi connectivity index (χ0) is 14.3. The first-order chi connectivity index (χ1) is 9.59. The zero-order valence-corrected chi connectivity index (χ0v) is 10.4. The van der Waals surface area contributed by atoms with E-state index in [4.69, 9.17) is 5.11 Å². The molecule has 1 amide bonds. The molecule has 0 fully saturated rings. The molecule has 2 heterocycles. The maximum Gasteiger partial charge on any atom is 0.337 e. The summed E-state index contributed by atoms with van der Waals surface area (Å²) < 4.78 is 0. The van der Waals surface area contributed by atoms with Crippen LogP contribution in [0, 0.1) is 0 Å². The molecule has 0 aliphatic carbocycles. The summed E-state index contributed by atoms with van der Waals surface area (Å²) in [7, 11) is 0. The van der Waals surface area contributed by atoms with Crippen molar-refractivity contribution in [3.63, 3.8) is 0 Å². The molecule has 98 valence electrons. The Kier molecular flexibility index (Phi) is 2.61. The molecule has 0 atom stereocenters. The van der Waals surface area contributed by atoms with Crippen molar-refractivity contribution in [3.05, 3.63) is 66.0 Å². The molecule has 5 heteroatoms. The number of carbonyl (C=O) groups excluding carboxylic acids is 1. The van der Waals surface area contributed by atoms with Crippen molar-refractivity contribution in [2.24, 2.45) is 0 Å². The van der Waals surface area contributed by atoms with E-state index in [-0.39, 0.29) is 11.5 Å². The van der Waals surface area contributed by atoms with Gasteiger partial charge in [0, 0.05) is 17.3 Å². The normalized spacial score (nSPS) is 13.5. The van der Waals surface area contributed by atoms with Gasteiger partial charge in [-0.15, -0.1) is 0 Å². The number of carboxylic acid groups (broad SMARTS) is 1. The minimum absolute atomic E-state index is 0.0269. The van der Waals surface area contributed by atoms with Gasteiger partial charge in [-0.2, -0.15) is 0 Å². The first kappa shape index (κ1) is 12.1. The molecule has 0 saturated carbocycles. The second kappa shape index (κ2) is 4.31. The van der Waals surface area contributed by atoms with Crippen molar-refractivity contribution in [1.29, 1.82) is 0 Å². The van der Waals surface area contributed by atoms with Gasteiger partial charge in [-0.05, 0) is 12.1 Å². The van der Waals surface area contributed by atoms with Crippen LogP contribution in [0.2, 0.25) is 0 Å². The predicted octanol–water partition coefficient (Wildman–Crippen LogP) is 2.41. The number of aromatic carboxylic acids is 1. The maximum atomic E-state index is 12.4. The highest BCUT2D eigenvalue weighted by molar-refractivity contribution is 6.22. The van der Waals surface area contributed by atoms with E-state index in [1.165, 1.54) is 23.4 Å². The van der Waals surface area contributed by atoms with Gasteiger partial charge in [-0.25, -0.2) is 4.79 Å². The summed E-state index contributed by atoms with van der Waals surface area (Å²) in [6.45, 7) is 3.91. The molecule has 20 heavy (non-hydrogen) atoms. The molecular formula is C15H10N2O3. The van der Waals surface area contributed by atoms with Crippen LogP contribution in [0.4, 0.5) is 5.69 Å². The monoisotopic (exact) mass is 266 g/mol. The number of amides is 1. The number of carbonyl (C=O) groups is 2. The molecule has 0 bridgehead atoms. The number of carboxylic acids is 1. The Balaban J connectivity index is 2.09. The second-order valence-corrected chi connectivity index (χ2v) is 4.37. The highest BCUT2D eigenvalue weighted by Crippen LogP contribution is 2.35. The van der Waals surface area contributed by atoms with E-state index >= 15 is 0 Å². The molecule has 1 aromatic carbocycles. The van der Waals surface area contributed by atoms with Crippen molar-refractivity contribution in [3.8, 4) is 0 Å². The molecule has 5 nitrogen and oxygen atoms in total. The summed E-state index contributed by atoms with van der Waals surface area (Å²) in [5, 5.41) is 8.99. The van der Waals surface area contributed by atoms with Crippen molar-refractivity contribution in [2.75, 3.05) is 4.90 Å². The number of benzene rings is 1. The third kappa shape index (κ3) is 1.68. The van der Waals surface area contributed by atoms with Gasteiger partial charge in [0.05, 0.1) is 23.1 Å². The number of aromatic nitrogens is 1. The number of hydrogen-bond acceptors (Lipinski definition) is 3. The topological polar surface area (TPSA) is 70.5 Å². The Hall–Kier alpha value is -2.95. The van der Waals surface area contributed by atoms with Crippen LogP contribution in [0.5, 0.6) is 0 Å². The third-order valence-electron chi connectivity index (χ3n) is 3.17. The Bertz CT molecular complexity index is 717. The highest BCUT2D eigenvalue weighted by atomic mass is 16.4. The van der Waals surface area contributed by atoms with Crippen molar-refractivity contribution in [1.82, 2.24) is 4.98 Å². The fraction of sp³-hybridized carbons (Fsp3) is 0. The smallest absolute Gasteiger partial charge is 0.337 e. The van der Waals surface area contributed by atoms with Crippen LogP contribution in [0.25, 0.3) is 5.70 Å². The Morgan fingerprint density at radius 2 is 1.90 bits per heavy atom. The van der Waals surface area contributed by atoms with Gasteiger partial charge in [0.25, 0.3) is 5.91 Å². The molecule has 3 rings (SSSR count). The summed E-state index contributed by atoms with van der Waals surface area (Å²) >= 11 is 0. The van der Waals surface area contributed by atoms with Crippen molar-refractivity contribution < 1.29 is 14.7 Å². The van der Waals surface area contributed by atoms with E-state index < -0.39 is 5.97 Å². The lowest BCUT2D eigenvalue weighted by molar-refractivity contribution is 0.0696. The summed E-state index contributed by atoms with van der Waals surface area (Å²) in [6, 6.07) is 8.54. The molecule has 1 N–H and O–H groups in total. The molecule has 0 saturated heterocycles. The van der Waals surface area contributed by atoms with E-state index in [1.807, 2.05) is 12.1 Å². The molecule has 2 aromatic rings. The van der Waals surface area contributed by atoms with Gasteiger partial charge in [-0.1, -0.05) is 24.8 Å². The number of hydrogen-bond donors (Lipinski definition) is 1. The molecule has 1 aromatic heterocycles. The third-order valence-corrected chi connectivity index (χ3v) is 3.17. The van der Waals surface area contributed by atoms with Crippen LogP contribution in [-0.4, -0.2) is 22.0 Å². The molecule has 1 aliphatic heterocycles. The van der Waals surface area contributed by atoms with E-state index in [0.29, 0.717) is 16.9 Å². The number of rotatable bonds is 2. The van der Waals surface area contributed by atoms with Gasteiger partial charge in [-0.3, -0.25) is 14.7 Å². The number of anilines is 1. The van der Waals surface area contributed by atoms with Crippen LogP contribution in [0.1, 0.15) is 26.3 Å². The van der Waals surface area contributed by atoms with Crippen LogP contribution in [0.15, 0.2) is 49.3 Å². The van der Waals surface area contributed by atoms with E-state index in [9.17, 15) is 9.59 Å². The van der Waals surface area contributed by atoms with E-state index in [1.54, 1.807) is 12.1 Å². The summed E-state index contributed by atoms with van der Waals surface area (Å²) in [4.78, 5) is 28.6. The number of nitrogens with zero attached hydrogens (tertiary/aromatic N) is 2. The van der Waals surface area contributed by atoms with Crippen LogP contribution in [-0.2, 0) is 0 Å². The number of fused-ring (bicyclic) bond motifs is 1. The van der Waals surface area contributed by atoms with Crippen molar-refractivity contribution in [2.45, 2.75) is 0 Å². The molecule has 1 aliphatic rings. The summed E-state index contributed by atoms with van der Waals surface area (Å²) in [6.07, 6.45) is 2.68. The average molecular weight is 266 g/mol. The fourth-order valence-corrected chi connectivity index (χ4v) is 2.22. The lowest BCUT2D eigenvalue weighted by atomic mass is 10.1. The second-order valence-electron chi connectivity index (χ2n) is 4.37. The predicted molar refractivity (Wildman–Crippen MR) is 73.5 cm³/mol. The summed E-state index contributed by atoms with van der Waals surface area (Å²) in [5.41, 5.74) is 2.25. The van der Waals surface area contributed by atoms with Gasteiger partial charge in [0.1, 0.15) is 0 Å². The Morgan fingerprint density at radius 1 is 1.20 bits per heavy atom. The summed E-state index contributed by atoms with van der Waals surface area (Å²) in [5.74, 6) is -1.32. The quantitative estimate of drug-likeness (QED) is 0.906. The van der Waals surface area contributed by atoms with Gasteiger partial charge in [0.15, 0.2) is 0 Å². The average Bonchev–Trinajstić information content (AvgIpc) is 2.72. The Labute approximate surface area is 114 Å². The lowest BCUT2D eigenvalue weighted by Crippen LogP contribution is -2.22. The first-order valence-corrected chi connectivity index (χ1v) is 5.90. The van der Waals surface area contributed by atoms with Crippen LogP contribution >= 0.6 is 0 Å². The van der Waals surface area contributed by atoms with Crippen LogP contribution < -0.4 is 4.90 Å². The van der Waals surface area contributed by atoms with Gasteiger partial charge in [0.2, 0.25) is 0 Å². The highest BCUT2D eigenvalue weighted by Gasteiger charge is 2.32. The first-order valence-electron chi connectivity index (χ1n) is 5.90. The number of pyridine rings is 1. The molecular weight excluding hydrogens is 256 g/mol. The van der Waals surface area contributed by atoms with Crippen molar-refractivity contribution >= 4 is 23.3 Å². The van der Waals surface area contributed by atoms with E-state index in [2.05, 4.69) is 11.6 Å². The molecule has 0 spiro atoms. The SMILES string of the molecule is C=C1c2ccccc2C(=O)N1c1cncc(C(=O)O)c1. The minimum Gasteiger partial charge on any atom is -0.478 e. The Morgan fingerprint density at radius 3 is 2.55 bits per heavy atom. The van der Waals surface area contributed by atoms with Gasteiger partial charge >= 0.3 is 5.97 Å². The van der Waals surface area contributed by atoms with Crippen LogP contribution in [0.3, 0.4) is 0 Å². The van der Waals surface area contributed by atoms with Gasteiger partial charge < -0.3 is 5.11 Å². The fourth-order valence-electron chi connectivity index (χ4n) is 2.22.